The first kappa shape index (κ1) is 21.5. The van der Waals surface area contributed by atoms with E-state index in [-0.39, 0.29) is 0 Å². The molecule has 0 bridgehead atoms. The maximum atomic E-state index is 4.79. The van der Waals surface area contributed by atoms with Crippen LogP contribution in [0, 0.1) is 6.92 Å². The molecule has 9 rings (SSSR count). The Hall–Kier alpha value is -5.42. The molecule has 5 aromatic heterocycles. The van der Waals surface area contributed by atoms with E-state index in [2.05, 4.69) is 112 Å². The van der Waals surface area contributed by atoms with Gasteiger partial charge in [0, 0.05) is 61.4 Å². The van der Waals surface area contributed by atoms with Crippen LogP contribution in [0.4, 0.5) is 0 Å². The van der Waals surface area contributed by atoms with Crippen LogP contribution in [0.3, 0.4) is 0 Å². The number of H-pyrrole nitrogens is 1. The summed E-state index contributed by atoms with van der Waals surface area (Å²) >= 11 is 0. The Morgan fingerprint density at radius 3 is 1.98 bits per heavy atom. The van der Waals surface area contributed by atoms with Gasteiger partial charge in [0.1, 0.15) is 11.5 Å². The molecule has 188 valence electrons. The standard InChI is InChI=1S/C35H23N5/c1-21-9-7-15-36-34(21)40-33-20-30-26(18-28(33)24-13-8-16-37-35(24)40)25-17-27-23-12-5-6-14-31(23)39(22-10-3-2-4-11-22)32(27)19-29(25)38-30/h2-20,38H,1H3. The zero-order valence-corrected chi connectivity index (χ0v) is 21.8. The number of fused-ring (bicyclic) bond motifs is 9. The minimum absolute atomic E-state index is 0.908. The zero-order chi connectivity index (χ0) is 26.4. The number of aromatic amines is 1. The summed E-state index contributed by atoms with van der Waals surface area (Å²) in [6, 6.07) is 36.8. The SMILES string of the molecule is Cc1cccnc1-n1c2cc3[nH]c4cc5c(cc4c3cc2c2cccnc21)c1ccccc1n5-c1ccccc1. The Labute approximate surface area is 228 Å². The molecule has 0 atom stereocenters. The van der Waals surface area contributed by atoms with Crippen molar-refractivity contribution in [3.05, 3.63) is 121 Å². The van der Waals surface area contributed by atoms with Crippen molar-refractivity contribution in [3.8, 4) is 11.5 Å². The highest BCUT2D eigenvalue weighted by molar-refractivity contribution is 6.21. The monoisotopic (exact) mass is 513 g/mol. The van der Waals surface area contributed by atoms with Crippen molar-refractivity contribution in [3.63, 3.8) is 0 Å². The largest absolute Gasteiger partial charge is 0.354 e. The van der Waals surface area contributed by atoms with E-state index < -0.39 is 0 Å². The van der Waals surface area contributed by atoms with Crippen molar-refractivity contribution < 1.29 is 0 Å². The van der Waals surface area contributed by atoms with E-state index in [0.29, 0.717) is 0 Å². The van der Waals surface area contributed by atoms with Crippen molar-refractivity contribution in [2.75, 3.05) is 0 Å². The van der Waals surface area contributed by atoms with Gasteiger partial charge in [0.2, 0.25) is 0 Å². The lowest BCUT2D eigenvalue weighted by atomic mass is 10.1. The molecule has 0 aliphatic carbocycles. The number of para-hydroxylation sites is 2. The lowest BCUT2D eigenvalue weighted by Gasteiger charge is -2.08. The van der Waals surface area contributed by atoms with Crippen LogP contribution in [0.25, 0.3) is 77.1 Å². The van der Waals surface area contributed by atoms with Gasteiger partial charge in [0.15, 0.2) is 0 Å². The molecule has 0 spiro atoms. The Morgan fingerprint density at radius 2 is 1.18 bits per heavy atom. The molecule has 0 radical (unpaired) electrons. The number of aryl methyl sites for hydroxylation is 1. The summed E-state index contributed by atoms with van der Waals surface area (Å²) in [5.74, 6) is 0.908. The molecule has 5 heteroatoms. The predicted octanol–water partition coefficient (Wildman–Crippen LogP) is 8.61. The second-order valence-electron chi connectivity index (χ2n) is 10.5. The molecular weight excluding hydrogens is 490 g/mol. The number of hydrogen-bond acceptors (Lipinski definition) is 2. The van der Waals surface area contributed by atoms with E-state index in [1.54, 1.807) is 0 Å². The average Bonchev–Trinajstić information content (AvgIpc) is 3.62. The second kappa shape index (κ2) is 7.80. The maximum Gasteiger partial charge on any atom is 0.146 e. The smallest absolute Gasteiger partial charge is 0.146 e. The van der Waals surface area contributed by atoms with Crippen LogP contribution in [0.2, 0.25) is 0 Å². The van der Waals surface area contributed by atoms with E-state index in [1.165, 1.54) is 38.0 Å². The predicted molar refractivity (Wildman–Crippen MR) is 165 cm³/mol. The van der Waals surface area contributed by atoms with E-state index >= 15 is 0 Å². The van der Waals surface area contributed by atoms with E-state index in [0.717, 1.165) is 44.7 Å². The maximum absolute atomic E-state index is 4.79. The average molecular weight is 514 g/mol. The van der Waals surface area contributed by atoms with E-state index in [1.807, 2.05) is 24.5 Å². The lowest BCUT2D eigenvalue weighted by Crippen LogP contribution is -2.00. The van der Waals surface area contributed by atoms with Gasteiger partial charge < -0.3 is 9.55 Å². The summed E-state index contributed by atoms with van der Waals surface area (Å²) in [6.45, 7) is 2.10. The van der Waals surface area contributed by atoms with Crippen LogP contribution in [0.1, 0.15) is 5.56 Å². The van der Waals surface area contributed by atoms with Gasteiger partial charge in [0.05, 0.1) is 16.6 Å². The molecule has 9 aromatic rings. The van der Waals surface area contributed by atoms with Gasteiger partial charge in [-0.05, 0) is 73.2 Å². The Morgan fingerprint density at radius 1 is 0.525 bits per heavy atom. The molecular formula is C35H23N5. The second-order valence-corrected chi connectivity index (χ2v) is 10.5. The van der Waals surface area contributed by atoms with Gasteiger partial charge in [0.25, 0.3) is 0 Å². The number of nitrogens with one attached hydrogen (secondary N) is 1. The lowest BCUT2D eigenvalue weighted by molar-refractivity contribution is 1.03. The molecule has 1 N–H and O–H groups in total. The third-order valence-corrected chi connectivity index (χ3v) is 8.24. The van der Waals surface area contributed by atoms with Crippen molar-refractivity contribution in [2.24, 2.45) is 0 Å². The Kier molecular flexibility index (Phi) is 4.20. The number of nitrogens with zero attached hydrogens (tertiary/aromatic N) is 4. The number of rotatable bonds is 2. The highest BCUT2D eigenvalue weighted by Crippen LogP contribution is 2.40. The molecule has 0 aliphatic rings. The first-order valence-electron chi connectivity index (χ1n) is 13.5. The number of aromatic nitrogens is 5. The zero-order valence-electron chi connectivity index (χ0n) is 21.8. The quantitative estimate of drug-likeness (QED) is 0.252. The summed E-state index contributed by atoms with van der Waals surface area (Å²) in [5.41, 5.74) is 8.92. The minimum atomic E-state index is 0.908. The normalized spacial score (nSPS) is 12.1. The van der Waals surface area contributed by atoms with Crippen LogP contribution in [-0.4, -0.2) is 24.1 Å². The van der Waals surface area contributed by atoms with Gasteiger partial charge in [-0.3, -0.25) is 4.57 Å². The molecule has 5 heterocycles. The first-order valence-corrected chi connectivity index (χ1v) is 13.5. The van der Waals surface area contributed by atoms with Gasteiger partial charge >= 0.3 is 0 Å². The molecule has 0 unspecified atom stereocenters. The third-order valence-electron chi connectivity index (χ3n) is 8.24. The molecule has 40 heavy (non-hydrogen) atoms. The van der Waals surface area contributed by atoms with Gasteiger partial charge in [-0.1, -0.05) is 42.5 Å². The van der Waals surface area contributed by atoms with Crippen molar-refractivity contribution in [1.29, 1.82) is 0 Å². The first-order chi connectivity index (χ1) is 19.8. The summed E-state index contributed by atoms with van der Waals surface area (Å²) in [4.78, 5) is 13.3. The molecule has 4 aromatic carbocycles. The molecule has 0 saturated heterocycles. The summed E-state index contributed by atoms with van der Waals surface area (Å²) in [5, 5.41) is 7.24. The van der Waals surface area contributed by atoms with Gasteiger partial charge in [-0.15, -0.1) is 0 Å². The van der Waals surface area contributed by atoms with Gasteiger partial charge in [-0.25, -0.2) is 9.97 Å². The van der Waals surface area contributed by atoms with Crippen LogP contribution >= 0.6 is 0 Å². The van der Waals surface area contributed by atoms with Crippen molar-refractivity contribution >= 4 is 65.5 Å². The Balaban J connectivity index is 1.41. The molecule has 0 amide bonds. The van der Waals surface area contributed by atoms with Crippen LogP contribution < -0.4 is 0 Å². The Bertz CT molecular complexity index is 2440. The molecule has 0 saturated carbocycles. The van der Waals surface area contributed by atoms with Crippen molar-refractivity contribution in [1.82, 2.24) is 24.1 Å². The number of pyridine rings is 2. The fraction of sp³-hybridized carbons (Fsp3) is 0.0286. The number of benzene rings is 4. The summed E-state index contributed by atoms with van der Waals surface area (Å²) < 4.78 is 4.56. The summed E-state index contributed by atoms with van der Waals surface area (Å²) in [7, 11) is 0. The molecule has 5 nitrogen and oxygen atoms in total. The summed E-state index contributed by atoms with van der Waals surface area (Å²) in [6.07, 6.45) is 3.71. The van der Waals surface area contributed by atoms with Crippen molar-refractivity contribution in [2.45, 2.75) is 6.92 Å². The fourth-order valence-corrected chi connectivity index (χ4v) is 6.48. The van der Waals surface area contributed by atoms with Crippen LogP contribution in [0.5, 0.6) is 0 Å². The van der Waals surface area contributed by atoms with Crippen LogP contribution in [-0.2, 0) is 0 Å². The molecule has 0 aliphatic heterocycles. The fourth-order valence-electron chi connectivity index (χ4n) is 6.48. The third kappa shape index (κ3) is 2.81. The van der Waals surface area contributed by atoms with Crippen LogP contribution in [0.15, 0.2) is 116 Å². The van der Waals surface area contributed by atoms with E-state index in [4.69, 9.17) is 9.97 Å². The highest BCUT2D eigenvalue weighted by Gasteiger charge is 2.19. The number of hydrogen-bond donors (Lipinski definition) is 1. The topological polar surface area (TPSA) is 51.4 Å². The molecule has 0 fully saturated rings. The minimum Gasteiger partial charge on any atom is -0.354 e. The highest BCUT2D eigenvalue weighted by atomic mass is 15.1. The van der Waals surface area contributed by atoms with E-state index in [9.17, 15) is 0 Å². The van der Waals surface area contributed by atoms with Gasteiger partial charge in [-0.2, -0.15) is 0 Å².